The number of aromatic nitrogens is 2. The topological polar surface area (TPSA) is 76.0 Å². The maximum atomic E-state index is 12.2. The Morgan fingerprint density at radius 3 is 2.67 bits per heavy atom. The smallest absolute Gasteiger partial charge is 0.243 e. The van der Waals surface area contributed by atoms with Crippen molar-refractivity contribution in [2.75, 3.05) is 13.1 Å². The first kappa shape index (κ1) is 15.7. The fourth-order valence-corrected chi connectivity index (χ4v) is 2.97. The highest BCUT2D eigenvalue weighted by Crippen LogP contribution is 2.11. The summed E-state index contributed by atoms with van der Waals surface area (Å²) < 4.78 is 28.5. The van der Waals surface area contributed by atoms with Gasteiger partial charge in [-0.1, -0.05) is 25.1 Å². The molecule has 0 bridgehead atoms. The normalized spacial score (nSPS) is 13.2. The van der Waals surface area contributed by atoms with Gasteiger partial charge in [0.2, 0.25) is 10.0 Å². The molecule has 2 rings (SSSR count). The lowest BCUT2D eigenvalue weighted by Gasteiger charge is -2.12. The summed E-state index contributed by atoms with van der Waals surface area (Å²) in [5.41, 5.74) is 0.819. The standard InChI is InChI=1S/C14H20N4O2S/c1-3-15-12(2)9-17-21(19,20)14-10-16-18(11-14)13-7-5-4-6-8-13/h4-8,10-12,15,17H,3,9H2,1-2H3/t12-/m1/s1. The third kappa shape index (κ3) is 4.13. The van der Waals surface area contributed by atoms with Crippen LogP contribution in [0.15, 0.2) is 47.6 Å². The third-order valence-corrected chi connectivity index (χ3v) is 4.40. The second kappa shape index (κ2) is 6.84. The second-order valence-corrected chi connectivity index (χ2v) is 6.53. The van der Waals surface area contributed by atoms with E-state index in [4.69, 9.17) is 0 Å². The highest BCUT2D eigenvalue weighted by Gasteiger charge is 2.17. The van der Waals surface area contributed by atoms with E-state index in [1.54, 1.807) is 4.68 Å². The Balaban J connectivity index is 2.09. The Morgan fingerprint density at radius 2 is 2.00 bits per heavy atom. The molecule has 0 radical (unpaired) electrons. The van der Waals surface area contributed by atoms with Crippen LogP contribution >= 0.6 is 0 Å². The first-order chi connectivity index (χ1) is 10.0. The fourth-order valence-electron chi connectivity index (χ4n) is 1.91. The molecule has 0 aliphatic heterocycles. The molecule has 0 fully saturated rings. The summed E-state index contributed by atoms with van der Waals surface area (Å²) in [5, 5.41) is 7.25. The largest absolute Gasteiger partial charge is 0.313 e. The van der Waals surface area contributed by atoms with Crippen molar-refractivity contribution in [3.63, 3.8) is 0 Å². The molecule has 21 heavy (non-hydrogen) atoms. The van der Waals surface area contributed by atoms with Crippen molar-refractivity contribution < 1.29 is 8.42 Å². The Hall–Kier alpha value is -1.70. The Bertz CT molecular complexity index is 667. The number of hydrogen-bond acceptors (Lipinski definition) is 4. The summed E-state index contributed by atoms with van der Waals surface area (Å²) in [6.07, 6.45) is 2.86. The zero-order valence-corrected chi connectivity index (χ0v) is 13.0. The number of sulfonamides is 1. The number of nitrogens with zero attached hydrogens (tertiary/aromatic N) is 2. The Morgan fingerprint density at radius 1 is 1.29 bits per heavy atom. The van der Waals surface area contributed by atoms with E-state index in [1.165, 1.54) is 12.4 Å². The van der Waals surface area contributed by atoms with Gasteiger partial charge in [0, 0.05) is 12.6 Å². The summed E-state index contributed by atoms with van der Waals surface area (Å²) in [6, 6.07) is 9.46. The molecule has 2 N–H and O–H groups in total. The first-order valence-corrected chi connectivity index (χ1v) is 8.34. The summed E-state index contributed by atoms with van der Waals surface area (Å²) in [7, 11) is -3.53. The van der Waals surface area contributed by atoms with Gasteiger partial charge in [-0.05, 0) is 25.6 Å². The van der Waals surface area contributed by atoms with Crippen molar-refractivity contribution >= 4 is 10.0 Å². The van der Waals surface area contributed by atoms with Crippen LogP contribution in [0.25, 0.3) is 5.69 Å². The van der Waals surface area contributed by atoms with Gasteiger partial charge in [0.05, 0.1) is 18.1 Å². The van der Waals surface area contributed by atoms with E-state index >= 15 is 0 Å². The van der Waals surface area contributed by atoms with Gasteiger partial charge in [-0.3, -0.25) is 0 Å². The summed E-state index contributed by atoms with van der Waals surface area (Å²) in [4.78, 5) is 0.162. The molecule has 0 spiro atoms. The predicted molar refractivity (Wildman–Crippen MR) is 81.9 cm³/mol. The molecule has 0 aliphatic rings. The Kier molecular flexibility index (Phi) is 5.11. The second-order valence-electron chi connectivity index (χ2n) is 4.77. The quantitative estimate of drug-likeness (QED) is 0.804. The van der Waals surface area contributed by atoms with Crippen LogP contribution in [-0.4, -0.2) is 37.3 Å². The first-order valence-electron chi connectivity index (χ1n) is 6.86. The monoisotopic (exact) mass is 308 g/mol. The number of benzene rings is 1. The molecule has 2 aromatic rings. The minimum absolute atomic E-state index is 0.0777. The summed E-state index contributed by atoms with van der Waals surface area (Å²) >= 11 is 0. The zero-order valence-electron chi connectivity index (χ0n) is 12.2. The molecule has 6 nitrogen and oxygen atoms in total. The van der Waals surface area contributed by atoms with Crippen molar-refractivity contribution in [2.45, 2.75) is 24.8 Å². The minimum Gasteiger partial charge on any atom is -0.313 e. The highest BCUT2D eigenvalue weighted by molar-refractivity contribution is 7.89. The number of para-hydroxylation sites is 1. The molecule has 1 heterocycles. The van der Waals surface area contributed by atoms with E-state index in [9.17, 15) is 8.42 Å². The van der Waals surface area contributed by atoms with E-state index in [1.807, 2.05) is 44.2 Å². The van der Waals surface area contributed by atoms with E-state index in [0.717, 1.165) is 12.2 Å². The van der Waals surface area contributed by atoms with Crippen molar-refractivity contribution in [1.29, 1.82) is 0 Å². The van der Waals surface area contributed by atoms with Crippen LogP contribution in [0.5, 0.6) is 0 Å². The Labute approximate surface area is 125 Å². The van der Waals surface area contributed by atoms with Gasteiger partial charge in [0.15, 0.2) is 0 Å². The van der Waals surface area contributed by atoms with Crippen LogP contribution in [-0.2, 0) is 10.0 Å². The van der Waals surface area contributed by atoms with Gasteiger partial charge in [0.25, 0.3) is 0 Å². The van der Waals surface area contributed by atoms with Crippen molar-refractivity contribution in [3.05, 3.63) is 42.7 Å². The number of hydrogen-bond donors (Lipinski definition) is 2. The molecule has 0 unspecified atom stereocenters. The number of rotatable bonds is 7. The molecule has 7 heteroatoms. The molecular weight excluding hydrogens is 288 g/mol. The van der Waals surface area contributed by atoms with Crippen molar-refractivity contribution in [1.82, 2.24) is 19.8 Å². The summed E-state index contributed by atoms with van der Waals surface area (Å²) in [5.74, 6) is 0. The summed E-state index contributed by atoms with van der Waals surface area (Å²) in [6.45, 7) is 5.05. The molecule has 0 saturated carbocycles. The van der Waals surface area contributed by atoms with Gasteiger partial charge in [-0.2, -0.15) is 5.10 Å². The lowest BCUT2D eigenvalue weighted by atomic mass is 10.3. The third-order valence-electron chi connectivity index (χ3n) is 3.02. The lowest BCUT2D eigenvalue weighted by molar-refractivity contribution is 0.536. The van der Waals surface area contributed by atoms with Crippen LogP contribution in [0.3, 0.4) is 0 Å². The highest BCUT2D eigenvalue weighted by atomic mass is 32.2. The van der Waals surface area contributed by atoms with E-state index in [-0.39, 0.29) is 10.9 Å². The SMILES string of the molecule is CCN[C@H](C)CNS(=O)(=O)c1cnn(-c2ccccc2)c1. The van der Waals surface area contributed by atoms with Gasteiger partial charge < -0.3 is 5.32 Å². The van der Waals surface area contributed by atoms with E-state index in [0.29, 0.717) is 6.54 Å². The zero-order chi connectivity index (χ0) is 15.3. The maximum Gasteiger partial charge on any atom is 0.243 e. The molecule has 0 amide bonds. The molecular formula is C14H20N4O2S. The van der Waals surface area contributed by atoms with Gasteiger partial charge in [0.1, 0.15) is 4.90 Å². The molecule has 1 atom stereocenters. The van der Waals surface area contributed by atoms with Crippen molar-refractivity contribution in [3.8, 4) is 5.69 Å². The van der Waals surface area contributed by atoms with Gasteiger partial charge in [-0.25, -0.2) is 17.8 Å². The van der Waals surface area contributed by atoms with Crippen molar-refractivity contribution in [2.24, 2.45) is 0 Å². The lowest BCUT2D eigenvalue weighted by Crippen LogP contribution is -2.38. The van der Waals surface area contributed by atoms with E-state index < -0.39 is 10.0 Å². The van der Waals surface area contributed by atoms with Crippen LogP contribution in [0.2, 0.25) is 0 Å². The van der Waals surface area contributed by atoms with Gasteiger partial charge in [-0.15, -0.1) is 0 Å². The number of nitrogens with one attached hydrogen (secondary N) is 2. The molecule has 0 aliphatic carbocycles. The number of likely N-dealkylation sites (N-methyl/N-ethyl adjacent to an activating group) is 1. The predicted octanol–water partition coefficient (Wildman–Crippen LogP) is 1.15. The van der Waals surface area contributed by atoms with Crippen LogP contribution in [0.4, 0.5) is 0 Å². The average Bonchev–Trinajstić information content (AvgIpc) is 2.97. The molecule has 1 aromatic heterocycles. The minimum atomic E-state index is -3.53. The van der Waals surface area contributed by atoms with Gasteiger partial charge >= 0.3 is 0 Å². The average molecular weight is 308 g/mol. The van der Waals surface area contributed by atoms with Crippen LogP contribution < -0.4 is 10.0 Å². The van der Waals surface area contributed by atoms with Crippen LogP contribution in [0, 0.1) is 0 Å². The molecule has 0 saturated heterocycles. The van der Waals surface area contributed by atoms with E-state index in [2.05, 4.69) is 15.1 Å². The maximum absolute atomic E-state index is 12.2. The van der Waals surface area contributed by atoms with Crippen LogP contribution in [0.1, 0.15) is 13.8 Å². The fraction of sp³-hybridized carbons (Fsp3) is 0.357. The molecule has 1 aromatic carbocycles. The molecule has 114 valence electrons.